The second-order valence-electron chi connectivity index (χ2n) is 8.36. The van der Waals surface area contributed by atoms with Crippen molar-refractivity contribution in [2.45, 2.75) is 31.6 Å². The van der Waals surface area contributed by atoms with Gasteiger partial charge in [-0.25, -0.2) is 4.39 Å². The number of nitrogens with one attached hydrogen (secondary N) is 1. The van der Waals surface area contributed by atoms with Gasteiger partial charge in [-0.2, -0.15) is 0 Å². The lowest BCUT2D eigenvalue weighted by molar-refractivity contribution is -0.126. The topological polar surface area (TPSA) is 58.6 Å². The summed E-state index contributed by atoms with van der Waals surface area (Å²) < 4.78 is 19.4. The van der Waals surface area contributed by atoms with E-state index in [1.54, 1.807) is 17.0 Å². The summed E-state index contributed by atoms with van der Waals surface area (Å²) in [5.74, 6) is -0.826. The number of amides is 2. The lowest BCUT2D eigenvalue weighted by atomic mass is 9.74. The van der Waals surface area contributed by atoms with E-state index in [4.69, 9.17) is 4.74 Å². The lowest BCUT2D eigenvalue weighted by Gasteiger charge is -2.38. The van der Waals surface area contributed by atoms with Gasteiger partial charge in [0.15, 0.2) is 0 Å². The third kappa shape index (κ3) is 4.24. The van der Waals surface area contributed by atoms with E-state index in [9.17, 15) is 14.0 Å². The molecular weight excluding hydrogens is 383 g/mol. The average molecular weight is 410 g/mol. The van der Waals surface area contributed by atoms with Crippen LogP contribution in [0.4, 0.5) is 10.1 Å². The Morgan fingerprint density at radius 3 is 2.63 bits per heavy atom. The van der Waals surface area contributed by atoms with Gasteiger partial charge < -0.3 is 15.0 Å². The van der Waals surface area contributed by atoms with Crippen LogP contribution < -0.4 is 10.2 Å². The zero-order valence-corrected chi connectivity index (χ0v) is 17.2. The molecule has 158 valence electrons. The first kappa shape index (κ1) is 20.5. The maximum atomic E-state index is 13.8. The van der Waals surface area contributed by atoms with Gasteiger partial charge in [0.2, 0.25) is 11.8 Å². The maximum absolute atomic E-state index is 13.8. The van der Waals surface area contributed by atoms with Crippen LogP contribution in [0.3, 0.4) is 0 Å². The average Bonchev–Trinajstić information content (AvgIpc) is 3.15. The molecule has 0 bridgehead atoms. The number of hydrogen-bond acceptors (Lipinski definition) is 3. The molecule has 2 fully saturated rings. The van der Waals surface area contributed by atoms with Gasteiger partial charge in [0.1, 0.15) is 5.82 Å². The number of benzene rings is 2. The number of carbonyl (C=O) groups excluding carboxylic acids is 2. The van der Waals surface area contributed by atoms with E-state index in [1.807, 2.05) is 37.3 Å². The van der Waals surface area contributed by atoms with Crippen LogP contribution in [0.2, 0.25) is 0 Å². The molecule has 2 saturated heterocycles. The largest absolute Gasteiger partial charge is 0.381 e. The van der Waals surface area contributed by atoms with Crippen molar-refractivity contribution in [3.8, 4) is 0 Å². The van der Waals surface area contributed by atoms with Crippen molar-refractivity contribution in [2.75, 3.05) is 31.2 Å². The molecule has 2 aromatic rings. The van der Waals surface area contributed by atoms with Crippen LogP contribution in [0.5, 0.6) is 0 Å². The van der Waals surface area contributed by atoms with Gasteiger partial charge in [0, 0.05) is 43.8 Å². The Morgan fingerprint density at radius 1 is 1.20 bits per heavy atom. The van der Waals surface area contributed by atoms with Gasteiger partial charge in [0.05, 0.1) is 5.92 Å². The van der Waals surface area contributed by atoms with E-state index in [0.717, 1.165) is 29.7 Å². The van der Waals surface area contributed by atoms with Crippen molar-refractivity contribution in [1.29, 1.82) is 0 Å². The Hall–Kier alpha value is -2.73. The highest BCUT2D eigenvalue weighted by Crippen LogP contribution is 2.35. The summed E-state index contributed by atoms with van der Waals surface area (Å²) in [6, 6.07) is 14.4. The molecule has 1 atom stereocenters. The molecule has 2 heterocycles. The number of hydrogen-bond donors (Lipinski definition) is 1. The van der Waals surface area contributed by atoms with Gasteiger partial charge in [-0.1, -0.05) is 29.8 Å². The summed E-state index contributed by atoms with van der Waals surface area (Å²) in [5, 5.41) is 3.06. The second kappa shape index (κ2) is 8.56. The van der Waals surface area contributed by atoms with Crippen molar-refractivity contribution in [3.63, 3.8) is 0 Å². The minimum atomic E-state index is -0.386. The van der Waals surface area contributed by atoms with Crippen LogP contribution in [-0.4, -0.2) is 38.1 Å². The number of halogens is 1. The lowest BCUT2D eigenvalue weighted by Crippen LogP contribution is -2.46. The van der Waals surface area contributed by atoms with Crippen LogP contribution in [0.15, 0.2) is 48.5 Å². The molecule has 4 rings (SSSR count). The molecule has 0 saturated carbocycles. The molecule has 2 aromatic carbocycles. The molecule has 2 aliphatic heterocycles. The number of nitrogens with zero attached hydrogens (tertiary/aromatic N) is 1. The summed E-state index contributed by atoms with van der Waals surface area (Å²) in [5.41, 5.74) is 2.48. The summed E-state index contributed by atoms with van der Waals surface area (Å²) in [6.07, 6.45) is 1.64. The first-order chi connectivity index (χ1) is 14.5. The maximum Gasteiger partial charge on any atom is 0.227 e. The highest BCUT2D eigenvalue weighted by molar-refractivity contribution is 6.00. The quantitative estimate of drug-likeness (QED) is 0.823. The molecule has 0 aliphatic carbocycles. The molecular formula is C24H27FN2O3. The summed E-state index contributed by atoms with van der Waals surface area (Å²) >= 11 is 0. The van der Waals surface area contributed by atoms with Gasteiger partial charge in [-0.05, 0) is 49.6 Å². The van der Waals surface area contributed by atoms with Crippen LogP contribution in [-0.2, 0) is 19.7 Å². The molecule has 30 heavy (non-hydrogen) atoms. The zero-order chi connectivity index (χ0) is 21.1. The number of carbonyl (C=O) groups is 2. The minimum Gasteiger partial charge on any atom is -0.381 e. The highest BCUT2D eigenvalue weighted by atomic mass is 19.1. The Kier molecular flexibility index (Phi) is 5.86. The number of rotatable bonds is 5. The van der Waals surface area contributed by atoms with Crippen molar-refractivity contribution in [3.05, 3.63) is 65.5 Å². The van der Waals surface area contributed by atoms with Crippen LogP contribution in [0.25, 0.3) is 0 Å². The van der Waals surface area contributed by atoms with Crippen LogP contribution >= 0.6 is 0 Å². The predicted molar refractivity (Wildman–Crippen MR) is 113 cm³/mol. The van der Waals surface area contributed by atoms with Gasteiger partial charge in [-0.15, -0.1) is 0 Å². The van der Waals surface area contributed by atoms with E-state index in [0.29, 0.717) is 26.3 Å². The SMILES string of the molecule is Cc1ccc(N2CC(C(=O)NCC3(c4cccc(F)c4)CCOCC3)CC2=O)cc1. The van der Waals surface area contributed by atoms with E-state index >= 15 is 0 Å². The molecule has 1 N–H and O–H groups in total. The fourth-order valence-electron chi connectivity index (χ4n) is 4.41. The molecule has 1 unspecified atom stereocenters. The minimum absolute atomic E-state index is 0.0371. The normalized spacial score (nSPS) is 20.9. The Bertz CT molecular complexity index is 922. The molecule has 6 heteroatoms. The van der Waals surface area contributed by atoms with Crippen molar-refractivity contribution in [1.82, 2.24) is 5.32 Å². The third-order valence-corrected chi connectivity index (χ3v) is 6.33. The summed E-state index contributed by atoms with van der Waals surface area (Å²) in [7, 11) is 0. The monoisotopic (exact) mass is 410 g/mol. The Labute approximate surface area is 176 Å². The standard InChI is InChI=1S/C24H27FN2O3/c1-17-5-7-21(8-6-17)27-15-18(13-22(27)28)23(29)26-16-24(9-11-30-12-10-24)19-3-2-4-20(25)14-19/h2-8,14,18H,9-13,15-16H2,1H3,(H,26,29). The fraction of sp³-hybridized carbons (Fsp3) is 0.417. The first-order valence-electron chi connectivity index (χ1n) is 10.5. The number of anilines is 1. The second-order valence-corrected chi connectivity index (χ2v) is 8.36. The molecule has 5 nitrogen and oxygen atoms in total. The molecule has 2 aliphatic rings. The number of aryl methyl sites for hydroxylation is 1. The Morgan fingerprint density at radius 2 is 1.93 bits per heavy atom. The van der Waals surface area contributed by atoms with Gasteiger partial charge >= 0.3 is 0 Å². The first-order valence-corrected chi connectivity index (χ1v) is 10.5. The van der Waals surface area contributed by atoms with Crippen LogP contribution in [0, 0.1) is 18.7 Å². The van der Waals surface area contributed by atoms with Gasteiger partial charge in [0.25, 0.3) is 0 Å². The third-order valence-electron chi connectivity index (χ3n) is 6.33. The molecule has 0 spiro atoms. The highest BCUT2D eigenvalue weighted by Gasteiger charge is 2.38. The van der Waals surface area contributed by atoms with Gasteiger partial charge in [-0.3, -0.25) is 9.59 Å². The molecule has 0 aromatic heterocycles. The fourth-order valence-corrected chi connectivity index (χ4v) is 4.41. The van der Waals surface area contributed by atoms with E-state index < -0.39 is 0 Å². The van der Waals surface area contributed by atoms with Crippen LogP contribution in [0.1, 0.15) is 30.4 Å². The zero-order valence-electron chi connectivity index (χ0n) is 17.2. The predicted octanol–water partition coefficient (Wildman–Crippen LogP) is 3.35. The van der Waals surface area contributed by atoms with E-state index in [1.165, 1.54) is 6.07 Å². The molecule has 0 radical (unpaired) electrons. The molecule has 2 amide bonds. The smallest absolute Gasteiger partial charge is 0.227 e. The summed E-state index contributed by atoms with van der Waals surface area (Å²) in [6.45, 7) is 3.94. The number of ether oxygens (including phenoxy) is 1. The Balaban J connectivity index is 1.44. The van der Waals surface area contributed by atoms with Crippen molar-refractivity contribution in [2.24, 2.45) is 5.92 Å². The van der Waals surface area contributed by atoms with E-state index in [2.05, 4.69) is 5.32 Å². The van der Waals surface area contributed by atoms with Crippen molar-refractivity contribution >= 4 is 17.5 Å². The summed E-state index contributed by atoms with van der Waals surface area (Å²) in [4.78, 5) is 27.1. The van der Waals surface area contributed by atoms with E-state index in [-0.39, 0.29) is 35.4 Å². The van der Waals surface area contributed by atoms with Crippen molar-refractivity contribution < 1.29 is 18.7 Å².